The van der Waals surface area contributed by atoms with E-state index >= 15 is 0 Å². The third-order valence-corrected chi connectivity index (χ3v) is 3.16. The summed E-state index contributed by atoms with van der Waals surface area (Å²) in [5.74, 6) is 0.296. The Kier molecular flexibility index (Phi) is 2.55. The third-order valence-electron chi connectivity index (χ3n) is 3.16. The molecule has 1 aromatic carbocycles. The Balaban J connectivity index is 2.32. The average molecular weight is 199 g/mol. The van der Waals surface area contributed by atoms with E-state index in [9.17, 15) is 4.79 Å². The molecule has 1 aliphatic carbocycles. The molecular formula is C13H13NO. The zero-order valence-corrected chi connectivity index (χ0v) is 8.57. The Hall–Kier alpha value is -1.62. The molecule has 2 heteroatoms. The summed E-state index contributed by atoms with van der Waals surface area (Å²) >= 11 is 0. The van der Waals surface area contributed by atoms with E-state index in [1.807, 2.05) is 30.3 Å². The standard InChI is InChI=1S/C13H13NO/c1-14-13(9-7-12(15)8-10-13)11-5-3-2-4-6-11/h2-6H,7-10H2. The number of hydrogen-bond donors (Lipinski definition) is 0. The summed E-state index contributed by atoms with van der Waals surface area (Å²) in [5, 5.41) is 0. The topological polar surface area (TPSA) is 21.4 Å². The average Bonchev–Trinajstić information content (AvgIpc) is 2.32. The summed E-state index contributed by atoms with van der Waals surface area (Å²) < 4.78 is 0. The van der Waals surface area contributed by atoms with Crippen molar-refractivity contribution in [2.75, 3.05) is 0 Å². The number of rotatable bonds is 1. The normalized spacial score (nSPS) is 19.5. The third kappa shape index (κ3) is 1.78. The van der Waals surface area contributed by atoms with Gasteiger partial charge in [-0.15, -0.1) is 0 Å². The molecule has 0 atom stereocenters. The lowest BCUT2D eigenvalue weighted by atomic mass is 9.77. The molecule has 1 saturated carbocycles. The van der Waals surface area contributed by atoms with Gasteiger partial charge in [0.15, 0.2) is 0 Å². The van der Waals surface area contributed by atoms with Gasteiger partial charge in [-0.2, -0.15) is 0 Å². The first-order valence-corrected chi connectivity index (χ1v) is 5.23. The largest absolute Gasteiger partial charge is 0.305 e. The number of carbonyl (C=O) groups is 1. The van der Waals surface area contributed by atoms with Crippen LogP contribution in [0, 0.1) is 6.57 Å². The molecule has 0 aliphatic heterocycles. The van der Waals surface area contributed by atoms with Gasteiger partial charge < -0.3 is 4.85 Å². The number of carbonyl (C=O) groups excluding carboxylic acids is 1. The SMILES string of the molecule is [C-]#[N+]C1(c2ccccc2)CCC(=O)CC1. The highest BCUT2D eigenvalue weighted by Crippen LogP contribution is 2.39. The van der Waals surface area contributed by atoms with Gasteiger partial charge in [-0.25, -0.2) is 6.57 Å². The molecule has 0 amide bonds. The molecule has 1 fully saturated rings. The molecule has 0 bridgehead atoms. The van der Waals surface area contributed by atoms with Crippen LogP contribution in [-0.2, 0) is 10.3 Å². The summed E-state index contributed by atoms with van der Waals surface area (Å²) in [6, 6.07) is 9.86. The number of Topliss-reactive ketones (excluding diaryl/α,β-unsaturated/α-hetero) is 1. The Morgan fingerprint density at radius 1 is 1.13 bits per heavy atom. The minimum absolute atomic E-state index is 0.296. The monoisotopic (exact) mass is 199 g/mol. The predicted molar refractivity (Wildman–Crippen MR) is 58.2 cm³/mol. The molecule has 0 radical (unpaired) electrons. The Bertz CT molecular complexity index is 392. The molecule has 2 nitrogen and oxygen atoms in total. The predicted octanol–water partition coefficient (Wildman–Crippen LogP) is 2.94. The molecule has 1 aliphatic rings. The van der Waals surface area contributed by atoms with Crippen molar-refractivity contribution in [1.29, 1.82) is 0 Å². The molecule has 15 heavy (non-hydrogen) atoms. The van der Waals surface area contributed by atoms with Gasteiger partial charge in [0, 0.05) is 31.2 Å². The highest BCUT2D eigenvalue weighted by molar-refractivity contribution is 5.79. The second-order valence-electron chi connectivity index (χ2n) is 4.05. The number of ketones is 1. The first-order chi connectivity index (χ1) is 7.27. The smallest absolute Gasteiger partial charge is 0.258 e. The fraction of sp³-hybridized carbons (Fsp3) is 0.385. The van der Waals surface area contributed by atoms with Gasteiger partial charge in [-0.05, 0) is 0 Å². The van der Waals surface area contributed by atoms with Crippen molar-refractivity contribution >= 4 is 5.78 Å². The molecule has 1 aromatic rings. The second kappa shape index (κ2) is 3.86. The summed E-state index contributed by atoms with van der Waals surface area (Å²) in [5.41, 5.74) is 0.627. The summed E-state index contributed by atoms with van der Waals surface area (Å²) in [4.78, 5) is 15.0. The van der Waals surface area contributed by atoms with Crippen LogP contribution >= 0.6 is 0 Å². The van der Waals surface area contributed by atoms with Gasteiger partial charge >= 0.3 is 0 Å². The van der Waals surface area contributed by atoms with E-state index in [2.05, 4.69) is 4.85 Å². The zero-order chi connectivity index (χ0) is 10.7. The molecule has 0 heterocycles. The van der Waals surface area contributed by atoms with Gasteiger partial charge in [-0.3, -0.25) is 4.79 Å². The molecular weight excluding hydrogens is 186 g/mol. The maximum Gasteiger partial charge on any atom is 0.258 e. The fourth-order valence-corrected chi connectivity index (χ4v) is 2.16. The van der Waals surface area contributed by atoms with E-state index in [-0.39, 0.29) is 0 Å². The Morgan fingerprint density at radius 3 is 2.27 bits per heavy atom. The molecule has 0 spiro atoms. The van der Waals surface area contributed by atoms with Crippen molar-refractivity contribution in [2.24, 2.45) is 0 Å². The van der Waals surface area contributed by atoms with Crippen molar-refractivity contribution in [3.8, 4) is 0 Å². The van der Waals surface area contributed by atoms with Crippen LogP contribution in [0.3, 0.4) is 0 Å². The number of hydrogen-bond acceptors (Lipinski definition) is 1. The van der Waals surface area contributed by atoms with Crippen LogP contribution in [0.4, 0.5) is 0 Å². The van der Waals surface area contributed by atoms with Crippen LogP contribution in [-0.4, -0.2) is 5.78 Å². The van der Waals surface area contributed by atoms with Gasteiger partial charge in [-0.1, -0.05) is 30.3 Å². The van der Waals surface area contributed by atoms with Crippen LogP contribution in [0.1, 0.15) is 31.2 Å². The van der Waals surface area contributed by atoms with Gasteiger partial charge in [0.25, 0.3) is 5.54 Å². The van der Waals surface area contributed by atoms with Gasteiger partial charge in [0.05, 0.1) is 0 Å². The Labute approximate surface area is 89.7 Å². The van der Waals surface area contributed by atoms with Crippen molar-refractivity contribution in [3.63, 3.8) is 0 Å². The van der Waals surface area contributed by atoms with E-state index in [1.165, 1.54) is 0 Å². The molecule has 0 saturated heterocycles. The van der Waals surface area contributed by atoms with Crippen LogP contribution in [0.25, 0.3) is 4.85 Å². The van der Waals surface area contributed by atoms with Gasteiger partial charge in [0.2, 0.25) is 0 Å². The van der Waals surface area contributed by atoms with Crippen LogP contribution in [0.5, 0.6) is 0 Å². The molecule has 2 rings (SSSR count). The van der Waals surface area contributed by atoms with E-state index in [0.717, 1.165) is 5.56 Å². The van der Waals surface area contributed by atoms with Crippen LogP contribution in [0.15, 0.2) is 30.3 Å². The van der Waals surface area contributed by atoms with Crippen LogP contribution in [0.2, 0.25) is 0 Å². The highest BCUT2D eigenvalue weighted by atomic mass is 16.1. The maximum absolute atomic E-state index is 11.2. The Morgan fingerprint density at radius 2 is 1.73 bits per heavy atom. The van der Waals surface area contributed by atoms with E-state index in [4.69, 9.17) is 6.57 Å². The fourth-order valence-electron chi connectivity index (χ4n) is 2.16. The maximum atomic E-state index is 11.2. The van der Waals surface area contributed by atoms with E-state index < -0.39 is 5.54 Å². The summed E-state index contributed by atoms with van der Waals surface area (Å²) in [7, 11) is 0. The first-order valence-electron chi connectivity index (χ1n) is 5.23. The molecule has 0 unspecified atom stereocenters. The lowest BCUT2D eigenvalue weighted by Crippen LogP contribution is -2.28. The van der Waals surface area contributed by atoms with Gasteiger partial charge in [0.1, 0.15) is 5.78 Å². The molecule has 0 aromatic heterocycles. The van der Waals surface area contributed by atoms with Crippen molar-refractivity contribution in [3.05, 3.63) is 47.3 Å². The van der Waals surface area contributed by atoms with E-state index in [0.29, 0.717) is 31.5 Å². The summed E-state index contributed by atoms with van der Waals surface area (Å²) in [6.45, 7) is 7.36. The number of nitrogens with zero attached hydrogens (tertiary/aromatic N) is 1. The highest BCUT2D eigenvalue weighted by Gasteiger charge is 2.42. The van der Waals surface area contributed by atoms with Crippen LogP contribution < -0.4 is 0 Å². The number of benzene rings is 1. The first kappa shape index (κ1) is 9.92. The van der Waals surface area contributed by atoms with Crippen molar-refractivity contribution < 1.29 is 4.79 Å². The van der Waals surface area contributed by atoms with E-state index in [1.54, 1.807) is 0 Å². The second-order valence-corrected chi connectivity index (χ2v) is 4.05. The van der Waals surface area contributed by atoms with Crippen molar-refractivity contribution in [2.45, 2.75) is 31.2 Å². The lowest BCUT2D eigenvalue weighted by Gasteiger charge is -2.25. The van der Waals surface area contributed by atoms with Crippen molar-refractivity contribution in [1.82, 2.24) is 0 Å². The molecule has 76 valence electrons. The lowest BCUT2D eigenvalue weighted by molar-refractivity contribution is -0.121. The minimum atomic E-state index is -0.435. The summed E-state index contributed by atoms with van der Waals surface area (Å²) in [6.07, 6.45) is 2.47. The molecule has 0 N–H and O–H groups in total. The zero-order valence-electron chi connectivity index (χ0n) is 8.57. The minimum Gasteiger partial charge on any atom is -0.305 e. The quantitative estimate of drug-likeness (QED) is 0.637.